The molecule has 0 saturated carbocycles. The lowest BCUT2D eigenvalue weighted by atomic mass is 10.2. The van der Waals surface area contributed by atoms with Crippen molar-refractivity contribution in [2.75, 3.05) is 6.54 Å². The first-order chi connectivity index (χ1) is 11.6. The van der Waals surface area contributed by atoms with Crippen LogP contribution < -0.4 is 4.74 Å². The average Bonchev–Trinajstić information content (AvgIpc) is 2.88. The van der Waals surface area contributed by atoms with Gasteiger partial charge in [0.2, 0.25) is 11.8 Å². The van der Waals surface area contributed by atoms with E-state index in [1.165, 1.54) is 4.90 Å². The molecule has 122 valence electrons. The average molecular weight is 342 g/mol. The Morgan fingerprint density at radius 3 is 2.42 bits per heavy atom. The fraction of sp³-hybridized carbons (Fsp3) is 0.158. The lowest BCUT2D eigenvalue weighted by molar-refractivity contribution is -0.138. The van der Waals surface area contributed by atoms with E-state index in [1.54, 1.807) is 24.3 Å². The maximum atomic E-state index is 11.9. The Hall–Kier alpha value is -2.59. The van der Waals surface area contributed by atoms with Crippen LogP contribution in [0.15, 0.2) is 60.4 Å². The van der Waals surface area contributed by atoms with E-state index in [0.29, 0.717) is 16.5 Å². The van der Waals surface area contributed by atoms with E-state index in [2.05, 4.69) is 0 Å². The van der Waals surface area contributed by atoms with E-state index >= 15 is 0 Å². The van der Waals surface area contributed by atoms with Crippen LogP contribution in [0, 0.1) is 0 Å². The van der Waals surface area contributed by atoms with E-state index < -0.39 is 0 Å². The zero-order valence-electron chi connectivity index (χ0n) is 12.9. The van der Waals surface area contributed by atoms with Crippen molar-refractivity contribution >= 4 is 29.5 Å². The van der Waals surface area contributed by atoms with Gasteiger partial charge in [0.15, 0.2) is 0 Å². The van der Waals surface area contributed by atoms with E-state index in [0.717, 1.165) is 5.56 Å². The smallest absolute Gasteiger partial charge is 0.230 e. The van der Waals surface area contributed by atoms with Crippen molar-refractivity contribution in [2.45, 2.75) is 12.8 Å². The van der Waals surface area contributed by atoms with Crippen LogP contribution in [0.5, 0.6) is 5.75 Å². The lowest BCUT2D eigenvalue weighted by Crippen LogP contribution is -2.32. The van der Waals surface area contributed by atoms with Crippen LogP contribution >= 0.6 is 11.6 Å². The summed E-state index contributed by atoms with van der Waals surface area (Å²) < 4.78 is 5.89. The number of carbonyl (C=O) groups is 2. The minimum absolute atomic E-state index is 0.110. The highest BCUT2D eigenvalue weighted by atomic mass is 35.5. The minimum Gasteiger partial charge on any atom is -0.460 e. The number of likely N-dealkylation sites (tertiary alicyclic amines) is 1. The van der Waals surface area contributed by atoms with Crippen LogP contribution in [0.25, 0.3) is 6.08 Å². The fourth-order valence-electron chi connectivity index (χ4n) is 2.48. The first kappa shape index (κ1) is 16.3. The summed E-state index contributed by atoms with van der Waals surface area (Å²) in [5.41, 5.74) is 0.925. The molecule has 0 aromatic heterocycles. The molecule has 0 spiro atoms. The first-order valence-electron chi connectivity index (χ1n) is 7.64. The molecule has 2 aromatic carbocycles. The third-order valence-corrected chi connectivity index (χ3v) is 3.88. The summed E-state index contributed by atoms with van der Waals surface area (Å²) in [5, 5.41) is 0.555. The number of rotatable bonds is 5. The highest BCUT2D eigenvalue weighted by Crippen LogP contribution is 2.22. The Morgan fingerprint density at radius 2 is 1.75 bits per heavy atom. The molecule has 1 saturated heterocycles. The van der Waals surface area contributed by atoms with E-state index in [9.17, 15) is 9.59 Å². The van der Waals surface area contributed by atoms with Gasteiger partial charge in [-0.15, -0.1) is 0 Å². The Balaban J connectivity index is 1.87. The predicted octanol–water partition coefficient (Wildman–Crippen LogP) is 3.91. The molecule has 2 aromatic rings. The number of nitrogens with zero attached hydrogens (tertiary/aromatic N) is 1. The number of hydrogen-bond donors (Lipinski definition) is 0. The van der Waals surface area contributed by atoms with Crippen LogP contribution in [0.3, 0.4) is 0 Å². The van der Waals surface area contributed by atoms with Crippen LogP contribution in [0.1, 0.15) is 18.4 Å². The molecule has 3 rings (SSSR count). The first-order valence-corrected chi connectivity index (χ1v) is 8.02. The fourth-order valence-corrected chi connectivity index (χ4v) is 2.66. The zero-order valence-corrected chi connectivity index (χ0v) is 13.7. The van der Waals surface area contributed by atoms with E-state index in [1.807, 2.05) is 36.4 Å². The summed E-state index contributed by atoms with van der Waals surface area (Å²) >= 11 is 5.99. The highest BCUT2D eigenvalue weighted by Gasteiger charge is 2.29. The van der Waals surface area contributed by atoms with Crippen molar-refractivity contribution in [3.05, 3.63) is 70.9 Å². The Labute approximate surface area is 145 Å². The number of carbonyl (C=O) groups excluding carboxylic acids is 2. The van der Waals surface area contributed by atoms with Gasteiger partial charge < -0.3 is 4.74 Å². The Bertz CT molecular complexity index is 770. The molecule has 0 unspecified atom stereocenters. The van der Waals surface area contributed by atoms with Crippen LogP contribution in [-0.4, -0.2) is 23.3 Å². The van der Waals surface area contributed by atoms with Crippen LogP contribution in [0.2, 0.25) is 5.02 Å². The third kappa shape index (κ3) is 4.03. The molecular weight excluding hydrogens is 326 g/mol. The SMILES string of the molecule is O=C1CCC(=O)N1C/C(=C/c1ccccc1)Oc1cccc(Cl)c1. The van der Waals surface area contributed by atoms with Gasteiger partial charge >= 0.3 is 0 Å². The number of amides is 2. The topological polar surface area (TPSA) is 46.6 Å². The van der Waals surface area contributed by atoms with E-state index in [-0.39, 0.29) is 31.2 Å². The van der Waals surface area contributed by atoms with Gasteiger partial charge in [-0.1, -0.05) is 48.0 Å². The second-order valence-corrected chi connectivity index (χ2v) is 5.89. The summed E-state index contributed by atoms with van der Waals surface area (Å²) in [6.07, 6.45) is 2.34. The van der Waals surface area contributed by atoms with Gasteiger partial charge in [0.05, 0.1) is 6.54 Å². The summed E-state index contributed by atoms with van der Waals surface area (Å²) in [6, 6.07) is 16.6. The number of hydrogen-bond acceptors (Lipinski definition) is 3. The van der Waals surface area contributed by atoms with Gasteiger partial charge in [0.1, 0.15) is 11.5 Å². The number of ether oxygens (including phenoxy) is 1. The van der Waals surface area contributed by atoms with Gasteiger partial charge in [-0.25, -0.2) is 0 Å². The molecule has 24 heavy (non-hydrogen) atoms. The molecule has 0 aliphatic carbocycles. The van der Waals surface area contributed by atoms with Gasteiger partial charge in [0.25, 0.3) is 0 Å². The molecule has 0 radical (unpaired) electrons. The standard InChI is InChI=1S/C19H16ClNO3/c20-15-7-4-8-16(12-15)24-17(11-14-5-2-1-3-6-14)13-21-18(22)9-10-19(21)23/h1-8,11-12H,9-10,13H2/b17-11-. The van der Waals surface area contributed by atoms with Crippen molar-refractivity contribution < 1.29 is 14.3 Å². The number of benzene rings is 2. The van der Waals surface area contributed by atoms with Crippen LogP contribution in [0.4, 0.5) is 0 Å². The molecule has 0 N–H and O–H groups in total. The summed E-state index contributed by atoms with van der Waals surface area (Å²) in [7, 11) is 0. The quantitative estimate of drug-likeness (QED) is 0.612. The molecule has 1 aliphatic rings. The summed E-state index contributed by atoms with van der Waals surface area (Å²) in [4.78, 5) is 25.0. The van der Waals surface area contributed by atoms with Gasteiger partial charge in [0, 0.05) is 17.9 Å². The van der Waals surface area contributed by atoms with Crippen molar-refractivity contribution in [2.24, 2.45) is 0 Å². The molecule has 2 amide bonds. The second kappa shape index (κ2) is 7.32. The molecule has 5 heteroatoms. The molecule has 1 heterocycles. The van der Waals surface area contributed by atoms with Gasteiger partial charge in [-0.05, 0) is 29.8 Å². The summed E-state index contributed by atoms with van der Waals surface area (Å²) in [5.74, 6) is 0.721. The maximum Gasteiger partial charge on any atom is 0.230 e. The molecule has 1 aliphatic heterocycles. The molecule has 0 atom stereocenters. The summed E-state index contributed by atoms with van der Waals surface area (Å²) in [6.45, 7) is 0.110. The monoisotopic (exact) mass is 341 g/mol. The van der Waals surface area contributed by atoms with Crippen molar-refractivity contribution in [1.82, 2.24) is 4.90 Å². The van der Waals surface area contributed by atoms with Gasteiger partial charge in [-0.3, -0.25) is 14.5 Å². The van der Waals surface area contributed by atoms with E-state index in [4.69, 9.17) is 16.3 Å². The van der Waals surface area contributed by atoms with Crippen molar-refractivity contribution in [1.29, 1.82) is 0 Å². The Kier molecular flexibility index (Phi) is 4.96. The maximum absolute atomic E-state index is 11.9. The minimum atomic E-state index is -0.173. The lowest BCUT2D eigenvalue weighted by Gasteiger charge is -2.17. The Morgan fingerprint density at radius 1 is 1.04 bits per heavy atom. The molecule has 4 nitrogen and oxygen atoms in total. The highest BCUT2D eigenvalue weighted by molar-refractivity contribution is 6.30. The number of imide groups is 1. The predicted molar refractivity (Wildman–Crippen MR) is 92.5 cm³/mol. The van der Waals surface area contributed by atoms with Crippen molar-refractivity contribution in [3.8, 4) is 5.75 Å². The molecule has 0 bridgehead atoms. The largest absolute Gasteiger partial charge is 0.460 e. The van der Waals surface area contributed by atoms with Crippen LogP contribution in [-0.2, 0) is 9.59 Å². The second-order valence-electron chi connectivity index (χ2n) is 5.45. The molecule has 1 fully saturated rings. The molecular formula is C19H16ClNO3. The van der Waals surface area contributed by atoms with Crippen molar-refractivity contribution in [3.63, 3.8) is 0 Å². The zero-order chi connectivity index (χ0) is 16.9. The number of halogens is 1. The third-order valence-electron chi connectivity index (χ3n) is 3.64. The normalized spacial score (nSPS) is 15.0. The van der Waals surface area contributed by atoms with Gasteiger partial charge in [-0.2, -0.15) is 0 Å².